The van der Waals surface area contributed by atoms with Gasteiger partial charge in [-0.1, -0.05) is 32.9 Å². The maximum Gasteiger partial charge on any atom is 0.413 e. The van der Waals surface area contributed by atoms with Crippen LogP contribution >= 0.6 is 0 Å². The summed E-state index contributed by atoms with van der Waals surface area (Å²) in [5.74, 6) is 2.36. The van der Waals surface area contributed by atoms with Crippen molar-refractivity contribution in [2.24, 2.45) is 24.3 Å². The highest BCUT2D eigenvalue weighted by molar-refractivity contribution is 5.76. The van der Waals surface area contributed by atoms with E-state index < -0.39 is 0 Å². The first kappa shape index (κ1) is 18.1. The number of imidazole rings is 1. The number of aromatic hydroxyl groups is 1. The number of hydrogen-bond acceptors (Lipinski definition) is 2. The number of aryl methyl sites for hydroxylation is 1. The topological polar surface area (TPSA) is 58.1 Å². The largest absolute Gasteiger partial charge is 0.508 e. The van der Waals surface area contributed by atoms with Crippen molar-refractivity contribution in [2.45, 2.75) is 45.4 Å². The summed E-state index contributed by atoms with van der Waals surface area (Å²) >= 11 is 0. The first-order chi connectivity index (χ1) is 12.8. The number of carbonyl (C=O) groups excluding carboxylic acids is 1. The van der Waals surface area contributed by atoms with Gasteiger partial charge in [0.15, 0.2) is 0 Å². The molecule has 1 amide bonds. The van der Waals surface area contributed by atoms with Crippen molar-refractivity contribution in [3.05, 3.63) is 48.0 Å². The quantitative estimate of drug-likeness (QED) is 0.815. The van der Waals surface area contributed by atoms with Gasteiger partial charge in [0, 0.05) is 12.1 Å². The van der Waals surface area contributed by atoms with Crippen molar-refractivity contribution >= 4 is 6.03 Å². The fourth-order valence-corrected chi connectivity index (χ4v) is 5.46. The van der Waals surface area contributed by atoms with E-state index in [0.717, 1.165) is 12.8 Å². The first-order valence-electron chi connectivity index (χ1n) is 9.94. The minimum absolute atomic E-state index is 0.0861. The summed E-state index contributed by atoms with van der Waals surface area (Å²) in [6.45, 7) is 7.68. The third-order valence-electron chi connectivity index (χ3n) is 7.02. The Morgan fingerprint density at radius 2 is 2.19 bits per heavy atom. The Hall–Kier alpha value is -2.30. The van der Waals surface area contributed by atoms with E-state index in [0.29, 0.717) is 36.0 Å². The molecule has 0 saturated heterocycles. The summed E-state index contributed by atoms with van der Waals surface area (Å²) in [5.41, 5.74) is 2.65. The zero-order chi connectivity index (χ0) is 19.3. The molecular formula is C22H30N3O2+. The number of amides is 1. The molecule has 1 saturated carbocycles. The van der Waals surface area contributed by atoms with Gasteiger partial charge >= 0.3 is 6.03 Å². The van der Waals surface area contributed by atoms with Gasteiger partial charge in [-0.05, 0) is 53.6 Å². The molecule has 1 aromatic heterocycles. The Bertz CT molecular complexity index is 870. The van der Waals surface area contributed by atoms with Crippen molar-refractivity contribution in [1.29, 1.82) is 0 Å². The smallest absolute Gasteiger partial charge is 0.413 e. The van der Waals surface area contributed by atoms with Crippen LogP contribution in [0.3, 0.4) is 0 Å². The van der Waals surface area contributed by atoms with Gasteiger partial charge in [0.1, 0.15) is 18.1 Å². The van der Waals surface area contributed by atoms with Crippen LogP contribution in [0.4, 0.5) is 4.79 Å². The van der Waals surface area contributed by atoms with Gasteiger partial charge in [-0.2, -0.15) is 4.57 Å². The molecule has 0 bridgehead atoms. The van der Waals surface area contributed by atoms with E-state index in [4.69, 9.17) is 0 Å². The second-order valence-corrected chi connectivity index (χ2v) is 8.95. The number of fused-ring (bicyclic) bond motifs is 3. The maximum absolute atomic E-state index is 12.3. The molecule has 5 nitrogen and oxygen atoms in total. The average molecular weight is 369 g/mol. The second-order valence-electron chi connectivity index (χ2n) is 8.95. The molecule has 0 aliphatic heterocycles. The molecule has 5 heteroatoms. The predicted molar refractivity (Wildman–Crippen MR) is 104 cm³/mol. The predicted octanol–water partition coefficient (Wildman–Crippen LogP) is 3.53. The van der Waals surface area contributed by atoms with Gasteiger partial charge in [-0.25, -0.2) is 9.36 Å². The van der Waals surface area contributed by atoms with E-state index in [1.165, 1.54) is 11.1 Å². The molecule has 0 spiro atoms. The lowest BCUT2D eigenvalue weighted by atomic mass is 9.67. The fraction of sp³-hybridized carbons (Fsp3) is 0.545. The van der Waals surface area contributed by atoms with Gasteiger partial charge in [0.25, 0.3) is 6.33 Å². The van der Waals surface area contributed by atoms with E-state index >= 15 is 0 Å². The Morgan fingerprint density at radius 1 is 1.41 bits per heavy atom. The maximum atomic E-state index is 12.3. The number of hydrogen-bond donors (Lipinski definition) is 2. The second kappa shape index (κ2) is 6.39. The summed E-state index contributed by atoms with van der Waals surface area (Å²) in [7, 11) is 1.90. The van der Waals surface area contributed by atoms with E-state index in [-0.39, 0.29) is 11.4 Å². The van der Waals surface area contributed by atoms with Crippen LogP contribution in [-0.4, -0.2) is 22.2 Å². The highest BCUT2D eigenvalue weighted by atomic mass is 16.3. The molecule has 1 fully saturated rings. The standard InChI is InChI=1S/C22H29N3O2/c1-14-15-6-5-7-19(26)20(15)16-12-18(16)22(2,3)17(14)8-9-23-21(27)25-11-10-24(4)13-25/h5-7,10-11,13-14,16-18H,8-9,12H2,1-4H3,(H-,23,26,27)/p+1/t14?,16?,17-,18+/m0/s1. The van der Waals surface area contributed by atoms with Crippen LogP contribution in [0.15, 0.2) is 36.9 Å². The zero-order valence-corrected chi connectivity index (χ0v) is 16.6. The molecule has 2 unspecified atom stereocenters. The van der Waals surface area contributed by atoms with Crippen molar-refractivity contribution in [3.8, 4) is 5.75 Å². The molecule has 27 heavy (non-hydrogen) atoms. The van der Waals surface area contributed by atoms with Gasteiger partial charge in [0.05, 0.1) is 7.05 Å². The molecule has 2 N–H and O–H groups in total. The summed E-state index contributed by atoms with van der Waals surface area (Å²) in [6.07, 6.45) is 7.48. The molecule has 4 atom stereocenters. The molecule has 1 heterocycles. The number of phenolic OH excluding ortho intramolecular Hbond substituents is 1. The lowest BCUT2D eigenvalue weighted by Gasteiger charge is -2.38. The van der Waals surface area contributed by atoms with Crippen LogP contribution < -0.4 is 9.88 Å². The Balaban J connectivity index is 1.52. The van der Waals surface area contributed by atoms with Crippen molar-refractivity contribution in [3.63, 3.8) is 0 Å². The number of benzene rings is 1. The highest BCUT2D eigenvalue weighted by Crippen LogP contribution is 2.66. The van der Waals surface area contributed by atoms with Crippen LogP contribution in [0, 0.1) is 17.3 Å². The van der Waals surface area contributed by atoms with Crippen LogP contribution in [0.5, 0.6) is 5.75 Å². The number of nitrogens with zero attached hydrogens (tertiary/aromatic N) is 2. The number of carbonyl (C=O) groups is 1. The van der Waals surface area contributed by atoms with Crippen molar-refractivity contribution < 1.29 is 14.5 Å². The van der Waals surface area contributed by atoms with Crippen molar-refractivity contribution in [2.75, 3.05) is 6.54 Å². The third kappa shape index (κ3) is 3.03. The number of nitrogens with one attached hydrogen (secondary N) is 1. The molecular weight excluding hydrogens is 338 g/mol. The number of aromatic nitrogens is 2. The Kier molecular flexibility index (Phi) is 4.28. The van der Waals surface area contributed by atoms with Gasteiger partial charge < -0.3 is 10.4 Å². The highest BCUT2D eigenvalue weighted by Gasteiger charge is 2.56. The molecule has 144 valence electrons. The Labute approximate surface area is 161 Å². The van der Waals surface area contributed by atoms with Crippen LogP contribution in [-0.2, 0) is 7.05 Å². The van der Waals surface area contributed by atoms with E-state index in [1.54, 1.807) is 17.1 Å². The van der Waals surface area contributed by atoms with Gasteiger partial charge in [0.2, 0.25) is 0 Å². The first-order valence-corrected chi connectivity index (χ1v) is 9.94. The molecule has 2 aliphatic rings. The zero-order valence-electron chi connectivity index (χ0n) is 16.6. The summed E-state index contributed by atoms with van der Waals surface area (Å²) in [4.78, 5) is 12.3. The van der Waals surface area contributed by atoms with E-state index in [2.05, 4.69) is 32.2 Å². The lowest BCUT2D eigenvalue weighted by Crippen LogP contribution is -2.36. The summed E-state index contributed by atoms with van der Waals surface area (Å²) in [6, 6.07) is 5.88. The molecule has 2 aromatic rings. The molecule has 4 rings (SSSR count). The molecule has 2 aliphatic carbocycles. The SMILES string of the molecule is CC1c2cccc(O)c2C2C[C@H]2C(C)(C)[C@H]1CCNC(=O)n1cc[n+](C)c1. The number of rotatable bonds is 3. The lowest BCUT2D eigenvalue weighted by molar-refractivity contribution is -0.670. The third-order valence-corrected chi connectivity index (χ3v) is 7.02. The fourth-order valence-electron chi connectivity index (χ4n) is 5.46. The molecule has 1 aromatic carbocycles. The monoisotopic (exact) mass is 368 g/mol. The summed E-state index contributed by atoms with van der Waals surface area (Å²) in [5, 5.41) is 13.5. The Morgan fingerprint density at radius 3 is 2.89 bits per heavy atom. The van der Waals surface area contributed by atoms with Gasteiger partial charge in [-0.15, -0.1) is 0 Å². The van der Waals surface area contributed by atoms with Crippen molar-refractivity contribution in [1.82, 2.24) is 9.88 Å². The van der Waals surface area contributed by atoms with Crippen LogP contribution in [0.1, 0.15) is 56.6 Å². The summed E-state index contributed by atoms with van der Waals surface area (Å²) < 4.78 is 3.43. The van der Waals surface area contributed by atoms with Gasteiger partial charge in [-0.3, -0.25) is 0 Å². The van der Waals surface area contributed by atoms with E-state index in [9.17, 15) is 9.90 Å². The normalized spacial score (nSPS) is 28.0. The minimum atomic E-state index is -0.0861. The minimum Gasteiger partial charge on any atom is -0.508 e. The van der Waals surface area contributed by atoms with Crippen LogP contribution in [0.2, 0.25) is 0 Å². The number of phenols is 1. The van der Waals surface area contributed by atoms with E-state index in [1.807, 2.05) is 29.9 Å². The van der Waals surface area contributed by atoms with Crippen LogP contribution in [0.25, 0.3) is 0 Å². The molecule has 0 radical (unpaired) electrons. The average Bonchev–Trinajstić information content (AvgIpc) is 3.31.